The quantitative estimate of drug-likeness (QED) is 0.817. The molecule has 5 nitrogen and oxygen atoms in total. The number of methoxy groups -OCH3 is 1. The van der Waals surface area contributed by atoms with Crippen molar-refractivity contribution in [3.63, 3.8) is 0 Å². The number of hydrogen-bond donors (Lipinski definition) is 1. The molecule has 21 heavy (non-hydrogen) atoms. The topological polar surface area (TPSA) is 56.8 Å². The van der Waals surface area contributed by atoms with Crippen molar-refractivity contribution < 1.29 is 19.0 Å². The third kappa shape index (κ3) is 3.41. The van der Waals surface area contributed by atoms with Gasteiger partial charge in [-0.1, -0.05) is 11.6 Å². The summed E-state index contributed by atoms with van der Waals surface area (Å²) >= 11 is 6.29. The Hall–Kier alpha value is -1.46. The largest absolute Gasteiger partial charge is 0.493 e. The Balaban J connectivity index is 1.76. The summed E-state index contributed by atoms with van der Waals surface area (Å²) in [5.74, 6) is 0.584. The molecule has 1 atom stereocenters. The fraction of sp³-hybridized carbons (Fsp3) is 0.533. The van der Waals surface area contributed by atoms with Crippen molar-refractivity contribution in [1.29, 1.82) is 0 Å². The van der Waals surface area contributed by atoms with E-state index in [1.807, 2.05) is 12.1 Å². The molecule has 114 valence electrons. The van der Waals surface area contributed by atoms with Crippen LogP contribution in [0.2, 0.25) is 5.02 Å². The predicted octanol–water partition coefficient (Wildman–Crippen LogP) is 2.29. The Labute approximate surface area is 128 Å². The van der Waals surface area contributed by atoms with Crippen LogP contribution < -0.4 is 14.8 Å². The molecule has 1 N–H and O–H groups in total. The van der Waals surface area contributed by atoms with Crippen LogP contribution >= 0.6 is 11.6 Å². The van der Waals surface area contributed by atoms with Crippen LogP contribution in [0.1, 0.15) is 24.8 Å². The first kappa shape index (κ1) is 14.5. The predicted molar refractivity (Wildman–Crippen MR) is 77.9 cm³/mol. The van der Waals surface area contributed by atoms with E-state index in [4.69, 9.17) is 25.8 Å². The van der Waals surface area contributed by atoms with Crippen molar-refractivity contribution >= 4 is 17.6 Å². The molecule has 0 aromatic heterocycles. The summed E-state index contributed by atoms with van der Waals surface area (Å²) in [6.07, 6.45) is 2.39. The van der Waals surface area contributed by atoms with Crippen LogP contribution in [-0.2, 0) is 16.1 Å². The number of cyclic esters (lactones) is 1. The number of carbonyl (C=O) groups excluding carboxylic acids is 1. The van der Waals surface area contributed by atoms with Gasteiger partial charge in [0.1, 0.15) is 0 Å². The Morgan fingerprint density at radius 1 is 1.38 bits per heavy atom. The fourth-order valence-corrected chi connectivity index (χ4v) is 2.54. The molecule has 1 aromatic rings. The average molecular weight is 312 g/mol. The molecule has 1 saturated carbocycles. The lowest BCUT2D eigenvalue weighted by Gasteiger charge is -2.16. The van der Waals surface area contributed by atoms with Crippen molar-refractivity contribution in [3.05, 3.63) is 22.7 Å². The summed E-state index contributed by atoms with van der Waals surface area (Å²) in [6, 6.07) is 4.35. The highest BCUT2D eigenvalue weighted by Gasteiger charge is 2.30. The highest BCUT2D eigenvalue weighted by molar-refractivity contribution is 6.32. The average Bonchev–Trinajstić information content (AvgIpc) is 3.22. The van der Waals surface area contributed by atoms with Crippen LogP contribution in [0.4, 0.5) is 0 Å². The van der Waals surface area contributed by atoms with Crippen molar-refractivity contribution in [2.24, 2.45) is 0 Å². The monoisotopic (exact) mass is 311 g/mol. The maximum Gasteiger partial charge on any atom is 0.347 e. The van der Waals surface area contributed by atoms with Crippen LogP contribution in [0.5, 0.6) is 11.5 Å². The van der Waals surface area contributed by atoms with Gasteiger partial charge in [0.15, 0.2) is 17.6 Å². The van der Waals surface area contributed by atoms with Gasteiger partial charge in [0.25, 0.3) is 0 Å². The zero-order chi connectivity index (χ0) is 14.8. The summed E-state index contributed by atoms with van der Waals surface area (Å²) in [5.41, 5.74) is 1.03. The summed E-state index contributed by atoms with van der Waals surface area (Å²) in [6.45, 7) is 1.12. The van der Waals surface area contributed by atoms with Gasteiger partial charge in [-0.25, -0.2) is 4.79 Å². The minimum absolute atomic E-state index is 0.354. The van der Waals surface area contributed by atoms with Crippen LogP contribution in [0.3, 0.4) is 0 Å². The SMILES string of the molecule is COc1cc(CNC2CC2)cc(Cl)c1OC1CCOC1=O. The fourth-order valence-electron chi connectivity index (χ4n) is 2.27. The van der Waals surface area contributed by atoms with Crippen molar-refractivity contribution in [3.8, 4) is 11.5 Å². The number of ether oxygens (including phenoxy) is 3. The summed E-state index contributed by atoms with van der Waals surface area (Å²) < 4.78 is 15.9. The molecule has 1 unspecified atom stereocenters. The third-order valence-electron chi connectivity index (χ3n) is 3.61. The Kier molecular flexibility index (Phi) is 4.22. The lowest BCUT2D eigenvalue weighted by molar-refractivity contribution is -0.143. The molecule has 1 aliphatic heterocycles. The molecule has 2 fully saturated rings. The molecule has 1 aromatic carbocycles. The molecule has 0 bridgehead atoms. The van der Waals surface area contributed by atoms with Crippen LogP contribution in [-0.4, -0.2) is 31.8 Å². The van der Waals surface area contributed by atoms with E-state index in [2.05, 4.69) is 5.32 Å². The maximum absolute atomic E-state index is 11.5. The number of nitrogens with one attached hydrogen (secondary N) is 1. The summed E-state index contributed by atoms with van der Waals surface area (Å²) in [4.78, 5) is 11.5. The van der Waals surface area contributed by atoms with Gasteiger partial charge in [0.2, 0.25) is 0 Å². The number of esters is 1. The van der Waals surface area contributed by atoms with Crippen molar-refractivity contribution in [2.45, 2.75) is 38.0 Å². The second-order valence-electron chi connectivity index (χ2n) is 5.33. The van der Waals surface area contributed by atoms with Crippen LogP contribution in [0.15, 0.2) is 12.1 Å². The first-order valence-corrected chi connectivity index (χ1v) is 7.48. The molecule has 1 aliphatic carbocycles. The maximum atomic E-state index is 11.5. The van der Waals surface area contributed by atoms with Gasteiger partial charge in [-0.05, 0) is 30.5 Å². The minimum Gasteiger partial charge on any atom is -0.493 e. The van der Waals surface area contributed by atoms with E-state index in [0.29, 0.717) is 35.6 Å². The molecule has 0 amide bonds. The Bertz CT molecular complexity index is 545. The summed E-state index contributed by atoms with van der Waals surface area (Å²) in [7, 11) is 1.56. The minimum atomic E-state index is -0.605. The van der Waals surface area contributed by atoms with Gasteiger partial charge in [-0.3, -0.25) is 0 Å². The van der Waals surface area contributed by atoms with E-state index in [0.717, 1.165) is 12.1 Å². The van der Waals surface area contributed by atoms with Crippen LogP contribution in [0.25, 0.3) is 0 Å². The van der Waals surface area contributed by atoms with Gasteiger partial charge in [0, 0.05) is 19.0 Å². The van der Waals surface area contributed by atoms with E-state index in [-0.39, 0.29) is 5.97 Å². The van der Waals surface area contributed by atoms with Gasteiger partial charge in [-0.2, -0.15) is 0 Å². The zero-order valence-electron chi connectivity index (χ0n) is 11.9. The summed E-state index contributed by atoms with van der Waals surface area (Å²) in [5, 5.41) is 3.87. The molecule has 6 heteroatoms. The van der Waals surface area contributed by atoms with E-state index < -0.39 is 6.10 Å². The first-order chi connectivity index (χ1) is 10.2. The Morgan fingerprint density at radius 3 is 2.81 bits per heavy atom. The Morgan fingerprint density at radius 2 is 2.19 bits per heavy atom. The number of benzene rings is 1. The van der Waals surface area contributed by atoms with Gasteiger partial charge < -0.3 is 19.5 Å². The highest BCUT2D eigenvalue weighted by atomic mass is 35.5. The van der Waals surface area contributed by atoms with Crippen molar-refractivity contribution in [2.75, 3.05) is 13.7 Å². The molecular formula is C15H18ClNO4. The van der Waals surface area contributed by atoms with Crippen molar-refractivity contribution in [1.82, 2.24) is 5.32 Å². The number of halogens is 1. The van der Waals surface area contributed by atoms with Gasteiger partial charge in [-0.15, -0.1) is 0 Å². The normalized spacial score (nSPS) is 21.2. The van der Waals surface area contributed by atoms with E-state index in [1.165, 1.54) is 12.8 Å². The number of hydrogen-bond acceptors (Lipinski definition) is 5. The van der Waals surface area contributed by atoms with E-state index in [1.54, 1.807) is 7.11 Å². The second-order valence-corrected chi connectivity index (χ2v) is 5.73. The lowest BCUT2D eigenvalue weighted by atomic mass is 10.2. The number of rotatable bonds is 6. The molecule has 3 rings (SSSR count). The molecule has 1 heterocycles. The molecule has 0 spiro atoms. The first-order valence-electron chi connectivity index (χ1n) is 7.10. The van der Waals surface area contributed by atoms with Crippen LogP contribution in [0, 0.1) is 0 Å². The molecule has 1 saturated heterocycles. The molecule has 2 aliphatic rings. The van der Waals surface area contributed by atoms with E-state index in [9.17, 15) is 4.79 Å². The smallest absolute Gasteiger partial charge is 0.347 e. The van der Waals surface area contributed by atoms with Gasteiger partial charge >= 0.3 is 5.97 Å². The van der Waals surface area contributed by atoms with E-state index >= 15 is 0 Å². The number of carbonyl (C=O) groups is 1. The highest BCUT2D eigenvalue weighted by Crippen LogP contribution is 2.38. The second kappa shape index (κ2) is 6.12. The van der Waals surface area contributed by atoms with Gasteiger partial charge in [0.05, 0.1) is 18.7 Å². The third-order valence-corrected chi connectivity index (χ3v) is 3.89. The molecule has 0 radical (unpaired) electrons. The zero-order valence-corrected chi connectivity index (χ0v) is 12.6. The molecular weight excluding hydrogens is 294 g/mol. The standard InChI is InChI=1S/C15H18ClNO4/c1-19-13-7-9(8-17-10-2-3-10)6-11(16)14(13)21-12-4-5-20-15(12)18/h6-7,10,12,17H,2-5,8H2,1H3. The lowest BCUT2D eigenvalue weighted by Crippen LogP contribution is -2.22.